The van der Waals surface area contributed by atoms with Crippen molar-refractivity contribution < 1.29 is 86.8 Å². The van der Waals surface area contributed by atoms with Gasteiger partial charge in [-0.2, -0.15) is 0 Å². The molecule has 6 aromatic rings. The first kappa shape index (κ1) is 51.1. The van der Waals surface area contributed by atoms with Gasteiger partial charge in [0.2, 0.25) is 0 Å². The van der Waals surface area contributed by atoms with E-state index < -0.39 is 69.7 Å². The van der Waals surface area contributed by atoms with E-state index in [1.165, 1.54) is 53.6 Å². The molecule has 27 heteroatoms. The second kappa shape index (κ2) is 20.9. The standard InChI is InChI=1S/C46H47N7O18P2/c54-28-6-9-31-34(18-28)69-35-19-29(55)7-10-32(35)46(31)33-17-27(5-8-30(33)45(60)71-46)43(59)48-12-14-67-16-15-66-13-11-47-42(58)26-3-1-25(2-4-26)20-49-40-37-41(51-22-50-40)53(23-52-37)44-39(57)38(56)36(70-44)21-68-73(64,65)24-72(61,62)63/h1-10,17-19,22-23,36,38-39,44,54-57H,11-16,20-21,24H2,(H,47,58)(H,48,59)(H,64,65)(H,49,50,51)(H2,61,62,63)/t36-,38-,39-,44-/m1/s1. The Kier molecular flexibility index (Phi) is 14.6. The van der Waals surface area contributed by atoms with Crippen molar-refractivity contribution in [3.05, 3.63) is 130 Å². The monoisotopic (exact) mass is 1050 g/mol. The summed E-state index contributed by atoms with van der Waals surface area (Å²) in [4.78, 5) is 80.0. The molecule has 9 rings (SSSR count). The number of hydrogen-bond acceptors (Lipinski definition) is 19. The summed E-state index contributed by atoms with van der Waals surface area (Å²) in [6.45, 7) is 0.732. The third-order valence-electron chi connectivity index (χ3n) is 11.9. The lowest BCUT2D eigenvalue weighted by molar-refractivity contribution is -0.0483. The van der Waals surface area contributed by atoms with E-state index in [1.54, 1.807) is 42.5 Å². The Bertz CT molecular complexity index is 3120. The minimum Gasteiger partial charge on any atom is -0.508 e. The summed E-state index contributed by atoms with van der Waals surface area (Å²) in [6.07, 6.45) is -3.24. The molecule has 0 bridgehead atoms. The zero-order valence-electron chi connectivity index (χ0n) is 38.1. The fourth-order valence-corrected chi connectivity index (χ4v) is 11.1. The Morgan fingerprint density at radius 2 is 1.38 bits per heavy atom. The SMILES string of the molecule is O=C(NCCOCCOCCNC(=O)c1ccc2c(c1)C1(OC2=O)c2ccc(O)cc2Oc2cc(O)ccc21)c1ccc(CNc2ncnc3c2ncn3[C@@H]2O[C@H](COP(=O)(O)CP(=O)(O)O)[C@@H](O)[C@H]2O)cc1. The van der Waals surface area contributed by atoms with Crippen LogP contribution < -0.4 is 20.7 Å². The smallest absolute Gasteiger partial charge is 0.340 e. The van der Waals surface area contributed by atoms with E-state index in [-0.39, 0.29) is 97.3 Å². The van der Waals surface area contributed by atoms with E-state index in [0.717, 1.165) is 5.56 Å². The van der Waals surface area contributed by atoms with Crippen molar-refractivity contribution >= 4 is 50.0 Å². The second-order valence-electron chi connectivity index (χ2n) is 16.9. The van der Waals surface area contributed by atoms with Crippen molar-refractivity contribution in [2.45, 2.75) is 36.7 Å². The highest BCUT2D eigenvalue weighted by Crippen LogP contribution is 2.58. The van der Waals surface area contributed by atoms with Crippen LogP contribution in [0.2, 0.25) is 0 Å². The van der Waals surface area contributed by atoms with Gasteiger partial charge in [0.25, 0.3) is 11.8 Å². The molecule has 3 aliphatic rings. The largest absolute Gasteiger partial charge is 0.508 e. The van der Waals surface area contributed by atoms with Crippen LogP contribution in [0.3, 0.4) is 0 Å². The summed E-state index contributed by atoms with van der Waals surface area (Å²) in [5, 5.41) is 50.4. The van der Waals surface area contributed by atoms with Gasteiger partial charge in [-0.15, -0.1) is 0 Å². The van der Waals surface area contributed by atoms with E-state index in [9.17, 15) is 48.8 Å². The molecule has 25 nitrogen and oxygen atoms in total. The first-order valence-electron chi connectivity index (χ1n) is 22.4. The number of imidazole rings is 1. The molecule has 1 fully saturated rings. The molecular formula is C46H47N7O18P2. The zero-order valence-corrected chi connectivity index (χ0v) is 39.9. The van der Waals surface area contributed by atoms with Gasteiger partial charge in [0, 0.05) is 59.6 Å². The maximum Gasteiger partial charge on any atom is 0.340 e. The number of ether oxygens (including phenoxy) is 5. The number of carbonyl (C=O) groups is 3. The lowest BCUT2D eigenvalue weighted by atomic mass is 9.77. The van der Waals surface area contributed by atoms with Gasteiger partial charge >= 0.3 is 21.2 Å². The van der Waals surface area contributed by atoms with E-state index in [2.05, 4.69) is 30.9 Å². The van der Waals surface area contributed by atoms with E-state index in [4.69, 9.17) is 38.0 Å². The summed E-state index contributed by atoms with van der Waals surface area (Å²) in [6, 6.07) is 20.2. The lowest BCUT2D eigenvalue weighted by Crippen LogP contribution is -2.33. The molecule has 1 unspecified atom stereocenters. The molecule has 5 atom stereocenters. The first-order chi connectivity index (χ1) is 34.9. The number of aromatic nitrogens is 4. The number of phenolic OH excluding ortho intramolecular Hbond substituents is 2. The highest BCUT2D eigenvalue weighted by molar-refractivity contribution is 7.70. The topological polar surface area (TPSA) is 362 Å². The average Bonchev–Trinajstić information content (AvgIpc) is 4.00. The summed E-state index contributed by atoms with van der Waals surface area (Å²) >= 11 is 0. The van der Waals surface area contributed by atoms with Gasteiger partial charge in [-0.1, -0.05) is 12.1 Å². The van der Waals surface area contributed by atoms with Crippen molar-refractivity contribution in [1.29, 1.82) is 0 Å². The van der Waals surface area contributed by atoms with Crippen LogP contribution in [0.4, 0.5) is 5.82 Å². The number of benzene rings is 4. The molecule has 73 heavy (non-hydrogen) atoms. The van der Waals surface area contributed by atoms with Gasteiger partial charge in [0.05, 0.1) is 44.9 Å². The summed E-state index contributed by atoms with van der Waals surface area (Å²) in [7, 11) is -9.63. The normalized spacial score (nSPS) is 19.3. The van der Waals surface area contributed by atoms with Crippen LogP contribution >= 0.6 is 15.2 Å². The molecule has 0 radical (unpaired) electrons. The van der Waals surface area contributed by atoms with Crippen molar-refractivity contribution in [3.63, 3.8) is 0 Å². The predicted molar refractivity (Wildman–Crippen MR) is 252 cm³/mol. The fourth-order valence-electron chi connectivity index (χ4n) is 8.53. The first-order valence-corrected chi connectivity index (χ1v) is 25.9. The number of phenols is 2. The van der Waals surface area contributed by atoms with Gasteiger partial charge in [-0.3, -0.25) is 23.3 Å². The van der Waals surface area contributed by atoms with Crippen LogP contribution in [0.1, 0.15) is 59.6 Å². The number of aromatic hydroxyl groups is 2. The summed E-state index contributed by atoms with van der Waals surface area (Å²) in [5.41, 5.74) is 1.94. The maximum absolute atomic E-state index is 13.3. The highest BCUT2D eigenvalue weighted by atomic mass is 31.2. The van der Waals surface area contributed by atoms with Crippen LogP contribution in [0, 0.1) is 0 Å². The number of nitrogens with one attached hydrogen (secondary N) is 3. The van der Waals surface area contributed by atoms with E-state index >= 15 is 0 Å². The molecule has 1 saturated heterocycles. The van der Waals surface area contributed by atoms with Crippen LogP contribution in [-0.4, -0.2) is 143 Å². The Labute approximate surface area is 413 Å². The Balaban J connectivity index is 0.684. The van der Waals surface area contributed by atoms with Gasteiger partial charge in [0.1, 0.15) is 47.6 Å². The fraction of sp³-hybridized carbons (Fsp3) is 0.304. The van der Waals surface area contributed by atoms with Gasteiger partial charge in [0.15, 0.2) is 34.7 Å². The van der Waals surface area contributed by atoms with Crippen LogP contribution in [0.5, 0.6) is 23.0 Å². The molecule has 2 aromatic heterocycles. The minimum atomic E-state index is -4.89. The Hall–Kier alpha value is -6.86. The molecule has 10 N–H and O–H groups in total. The number of amides is 2. The van der Waals surface area contributed by atoms with Crippen LogP contribution in [0.25, 0.3) is 11.2 Å². The highest BCUT2D eigenvalue weighted by Gasteiger charge is 2.54. The minimum absolute atomic E-state index is 0.0805. The van der Waals surface area contributed by atoms with Crippen molar-refractivity contribution in [3.8, 4) is 23.0 Å². The molecular weight excluding hydrogens is 1000 g/mol. The quantitative estimate of drug-likeness (QED) is 0.0298. The number of nitrogens with zero attached hydrogens (tertiary/aromatic N) is 4. The van der Waals surface area contributed by atoms with Crippen LogP contribution in [0.15, 0.2) is 91.5 Å². The van der Waals surface area contributed by atoms with Crippen LogP contribution in [-0.2, 0) is 44.7 Å². The maximum atomic E-state index is 13.3. The number of esters is 1. The average molecular weight is 1050 g/mol. The van der Waals surface area contributed by atoms with Crippen molar-refractivity contribution in [2.24, 2.45) is 0 Å². The lowest BCUT2D eigenvalue weighted by Gasteiger charge is -2.36. The number of carbonyl (C=O) groups excluding carboxylic acids is 3. The second-order valence-corrected chi connectivity index (χ2v) is 20.9. The Morgan fingerprint density at radius 3 is 2.03 bits per heavy atom. The molecule has 2 amide bonds. The number of aliphatic hydroxyl groups is 2. The molecule has 5 heterocycles. The number of aliphatic hydroxyl groups excluding tert-OH is 2. The number of hydrogen-bond donors (Lipinski definition) is 10. The number of rotatable bonds is 20. The summed E-state index contributed by atoms with van der Waals surface area (Å²) in [5.74, 6) is -2.20. The molecule has 3 aliphatic heterocycles. The molecule has 0 aliphatic carbocycles. The summed E-state index contributed by atoms with van der Waals surface area (Å²) < 4.78 is 58.3. The van der Waals surface area contributed by atoms with Gasteiger partial charge in [-0.25, -0.2) is 19.7 Å². The predicted octanol–water partition coefficient (Wildman–Crippen LogP) is 2.57. The van der Waals surface area contributed by atoms with Crippen molar-refractivity contribution in [1.82, 2.24) is 30.2 Å². The molecule has 1 spiro atoms. The van der Waals surface area contributed by atoms with E-state index in [0.29, 0.717) is 28.1 Å². The molecule has 384 valence electrons. The van der Waals surface area contributed by atoms with Crippen molar-refractivity contribution in [2.75, 3.05) is 57.3 Å². The third kappa shape index (κ3) is 10.9. The zero-order chi connectivity index (χ0) is 51.7. The van der Waals surface area contributed by atoms with Gasteiger partial charge < -0.3 is 79.3 Å². The molecule has 4 aromatic carbocycles. The Morgan fingerprint density at radius 1 is 0.753 bits per heavy atom. The van der Waals surface area contributed by atoms with Gasteiger partial charge in [-0.05, 0) is 60.2 Å². The third-order valence-corrected chi connectivity index (χ3v) is 15.4. The number of anilines is 1. The number of fused-ring (bicyclic) bond motifs is 7. The van der Waals surface area contributed by atoms with E-state index in [1.807, 2.05) is 0 Å². The molecule has 0 saturated carbocycles.